The number of carbonyl (C=O) groups excluding carboxylic acids is 2. The highest BCUT2D eigenvalue weighted by Crippen LogP contribution is 2.46. The van der Waals surface area contributed by atoms with Crippen LogP contribution in [0, 0.1) is 5.82 Å². The molecule has 1 aliphatic rings. The Balaban J connectivity index is 1.55. The van der Waals surface area contributed by atoms with Crippen molar-refractivity contribution in [2.75, 3.05) is 24.7 Å². The smallest absolute Gasteiger partial charge is 0.301 e. The van der Waals surface area contributed by atoms with E-state index < -0.39 is 17.7 Å². The monoisotopic (exact) mass is 677 g/mol. The lowest BCUT2D eigenvalue weighted by Gasteiger charge is -2.23. The summed E-state index contributed by atoms with van der Waals surface area (Å²) in [7, 11) is 0. The number of ether oxygens (including phenoxy) is 3. The molecule has 0 saturated carbocycles. The van der Waals surface area contributed by atoms with Gasteiger partial charge in [-0.15, -0.1) is 10.2 Å². The third-order valence-electron chi connectivity index (χ3n) is 7.38. The number of unbranched alkanes of at least 4 members (excludes halogenated alkanes) is 2. The second kappa shape index (κ2) is 15.9. The molecule has 246 valence electrons. The van der Waals surface area contributed by atoms with Gasteiger partial charge in [0.05, 0.1) is 31.4 Å². The Labute approximate surface area is 281 Å². The molecule has 1 aliphatic heterocycles. The number of aliphatic hydroxyl groups excluding tert-OH is 1. The van der Waals surface area contributed by atoms with E-state index in [1.165, 1.54) is 22.7 Å². The van der Waals surface area contributed by atoms with Crippen LogP contribution in [0.15, 0.2) is 76.6 Å². The first-order valence-corrected chi connectivity index (χ1v) is 17.3. The molecule has 1 saturated heterocycles. The molecule has 1 fully saturated rings. The van der Waals surface area contributed by atoms with Crippen molar-refractivity contribution in [1.29, 1.82) is 0 Å². The Morgan fingerprint density at radius 1 is 0.936 bits per heavy atom. The molecule has 0 radical (unpaired) electrons. The normalized spacial score (nSPS) is 15.7. The zero-order valence-corrected chi connectivity index (χ0v) is 28.0. The predicted molar refractivity (Wildman–Crippen MR) is 181 cm³/mol. The van der Waals surface area contributed by atoms with Gasteiger partial charge in [0.1, 0.15) is 17.3 Å². The molecule has 2 heterocycles. The number of ketones is 1. The molecule has 5 rings (SSSR count). The molecule has 12 heteroatoms. The highest BCUT2D eigenvalue weighted by Gasteiger charge is 2.48. The quantitative estimate of drug-likeness (QED) is 0.0335. The highest BCUT2D eigenvalue weighted by molar-refractivity contribution is 8.00. The largest absolute Gasteiger partial charge is 0.507 e. The Morgan fingerprint density at radius 3 is 2.43 bits per heavy atom. The van der Waals surface area contributed by atoms with Crippen LogP contribution in [-0.4, -0.2) is 46.8 Å². The molecule has 0 aliphatic carbocycles. The molecule has 1 amide bonds. The van der Waals surface area contributed by atoms with E-state index in [9.17, 15) is 19.1 Å². The number of halogens is 1. The molecule has 3 aromatic carbocycles. The van der Waals surface area contributed by atoms with Crippen LogP contribution in [0.3, 0.4) is 0 Å². The third-order valence-corrected chi connectivity index (χ3v) is 9.49. The van der Waals surface area contributed by atoms with Gasteiger partial charge in [-0.3, -0.25) is 14.5 Å². The fraction of sp³-hybridized carbons (Fsp3) is 0.314. The maximum absolute atomic E-state index is 14.2. The van der Waals surface area contributed by atoms with E-state index in [-0.39, 0.29) is 22.3 Å². The minimum atomic E-state index is -1.05. The maximum atomic E-state index is 14.2. The molecule has 1 N–H and O–H groups in total. The molecule has 1 aromatic heterocycles. The summed E-state index contributed by atoms with van der Waals surface area (Å²) in [4.78, 5) is 28.7. The Bertz CT molecular complexity index is 1740. The summed E-state index contributed by atoms with van der Waals surface area (Å²) in [6.45, 7) is 7.19. The summed E-state index contributed by atoms with van der Waals surface area (Å²) in [5.74, 6) is -0.491. The van der Waals surface area contributed by atoms with Gasteiger partial charge in [-0.25, -0.2) is 4.39 Å². The van der Waals surface area contributed by atoms with Crippen LogP contribution in [0.25, 0.3) is 5.76 Å². The van der Waals surface area contributed by atoms with Crippen molar-refractivity contribution in [3.05, 3.63) is 94.8 Å². The molecular formula is C35H36FN3O6S2. The molecule has 1 atom stereocenters. The molecule has 0 spiro atoms. The number of hydrogen-bond donors (Lipinski definition) is 1. The van der Waals surface area contributed by atoms with Gasteiger partial charge in [0.2, 0.25) is 5.13 Å². The van der Waals surface area contributed by atoms with E-state index >= 15 is 0 Å². The van der Waals surface area contributed by atoms with Crippen molar-refractivity contribution in [3.63, 3.8) is 0 Å². The van der Waals surface area contributed by atoms with Gasteiger partial charge in [0.15, 0.2) is 15.8 Å². The third kappa shape index (κ3) is 7.77. The average molecular weight is 678 g/mol. The SMILES string of the molecule is CCCCCOc1ccc(C2C(=C(O)c3ccc(OCC)cc3)C(=O)C(=O)N2c2nnc(SCc3ccccc3F)s2)cc1OCC. The van der Waals surface area contributed by atoms with Crippen molar-refractivity contribution in [1.82, 2.24) is 10.2 Å². The minimum absolute atomic E-state index is 0.103. The molecule has 9 nitrogen and oxygen atoms in total. The average Bonchev–Trinajstić information content (AvgIpc) is 3.65. The van der Waals surface area contributed by atoms with Gasteiger partial charge in [-0.1, -0.05) is 67.1 Å². The summed E-state index contributed by atoms with van der Waals surface area (Å²) in [5, 5.41) is 20.2. The number of anilines is 1. The number of amides is 1. The van der Waals surface area contributed by atoms with Crippen LogP contribution < -0.4 is 19.1 Å². The van der Waals surface area contributed by atoms with Crippen molar-refractivity contribution < 1.29 is 33.3 Å². The summed E-state index contributed by atoms with van der Waals surface area (Å²) in [6, 6.07) is 17.3. The molecular weight excluding hydrogens is 642 g/mol. The van der Waals surface area contributed by atoms with Crippen LogP contribution in [0.4, 0.5) is 9.52 Å². The van der Waals surface area contributed by atoms with Gasteiger partial charge in [-0.2, -0.15) is 0 Å². The highest BCUT2D eigenvalue weighted by atomic mass is 32.2. The van der Waals surface area contributed by atoms with E-state index in [1.54, 1.807) is 60.7 Å². The number of nitrogens with zero attached hydrogens (tertiary/aromatic N) is 3. The zero-order chi connectivity index (χ0) is 33.3. The fourth-order valence-electron chi connectivity index (χ4n) is 5.11. The van der Waals surface area contributed by atoms with Crippen LogP contribution in [-0.2, 0) is 15.3 Å². The van der Waals surface area contributed by atoms with Crippen molar-refractivity contribution in [2.45, 2.75) is 56.2 Å². The second-order valence-corrected chi connectivity index (χ2v) is 12.7. The van der Waals surface area contributed by atoms with Crippen LogP contribution in [0.5, 0.6) is 17.2 Å². The summed E-state index contributed by atoms with van der Waals surface area (Å²) < 4.78 is 32.2. The lowest BCUT2D eigenvalue weighted by atomic mass is 9.95. The van der Waals surface area contributed by atoms with Gasteiger partial charge in [0, 0.05) is 11.3 Å². The Hall–Kier alpha value is -4.42. The van der Waals surface area contributed by atoms with Gasteiger partial charge >= 0.3 is 5.91 Å². The van der Waals surface area contributed by atoms with Crippen LogP contribution >= 0.6 is 23.1 Å². The van der Waals surface area contributed by atoms with Gasteiger partial charge < -0.3 is 19.3 Å². The first kappa shape index (κ1) is 33.9. The fourth-order valence-corrected chi connectivity index (χ4v) is 6.96. The molecule has 0 bridgehead atoms. The standard InChI is InChI=1S/C35H36FN3O6S2/c1-4-7-10-19-45-27-18-15-23(20-28(27)44-6-3)30-29(31(40)22-13-16-25(17-14-22)43-5-2)32(41)33(42)39(30)34-37-38-35(47-34)46-21-24-11-8-9-12-26(24)36/h8-9,11-18,20,30,40H,4-7,10,19,21H2,1-3H3. The first-order valence-electron chi connectivity index (χ1n) is 15.5. The lowest BCUT2D eigenvalue weighted by molar-refractivity contribution is -0.132. The van der Waals surface area contributed by atoms with Crippen LogP contribution in [0.1, 0.15) is 62.8 Å². The Kier molecular flexibility index (Phi) is 11.5. The van der Waals surface area contributed by atoms with Gasteiger partial charge in [-0.05, 0) is 73.9 Å². The second-order valence-electron chi connectivity index (χ2n) is 10.6. The number of thioether (sulfide) groups is 1. The molecule has 4 aromatic rings. The first-order chi connectivity index (χ1) is 22.9. The molecule has 1 unspecified atom stereocenters. The van der Waals surface area contributed by atoms with E-state index in [4.69, 9.17) is 14.2 Å². The maximum Gasteiger partial charge on any atom is 0.301 e. The summed E-state index contributed by atoms with van der Waals surface area (Å²) in [5.41, 5.74) is 1.26. The van der Waals surface area contributed by atoms with Gasteiger partial charge in [0.25, 0.3) is 5.78 Å². The zero-order valence-electron chi connectivity index (χ0n) is 26.4. The van der Waals surface area contributed by atoms with Crippen LogP contribution in [0.2, 0.25) is 0 Å². The van der Waals surface area contributed by atoms with E-state index in [0.29, 0.717) is 63.9 Å². The van der Waals surface area contributed by atoms with E-state index in [0.717, 1.165) is 30.6 Å². The summed E-state index contributed by atoms with van der Waals surface area (Å²) >= 11 is 2.37. The number of carbonyl (C=O) groups is 2. The lowest BCUT2D eigenvalue weighted by Crippen LogP contribution is -2.29. The number of aromatic nitrogens is 2. The number of benzene rings is 3. The molecule has 47 heavy (non-hydrogen) atoms. The number of aliphatic hydroxyl groups is 1. The van der Waals surface area contributed by atoms with Crippen molar-refractivity contribution in [2.24, 2.45) is 0 Å². The number of Topliss-reactive ketones (excluding diaryl/α,β-unsaturated/α-hetero) is 1. The minimum Gasteiger partial charge on any atom is -0.507 e. The van der Waals surface area contributed by atoms with E-state index in [1.807, 2.05) is 13.8 Å². The van der Waals surface area contributed by atoms with Crippen molar-refractivity contribution >= 4 is 45.7 Å². The Morgan fingerprint density at radius 2 is 1.70 bits per heavy atom. The number of rotatable bonds is 15. The van der Waals surface area contributed by atoms with E-state index in [2.05, 4.69) is 17.1 Å². The van der Waals surface area contributed by atoms with Crippen molar-refractivity contribution in [3.8, 4) is 17.2 Å². The topological polar surface area (TPSA) is 111 Å². The summed E-state index contributed by atoms with van der Waals surface area (Å²) in [6.07, 6.45) is 2.98. The number of hydrogen-bond acceptors (Lipinski definition) is 10. The predicted octanol–water partition coefficient (Wildman–Crippen LogP) is 7.96.